The number of fused-ring (bicyclic) bond motifs is 1. The first-order chi connectivity index (χ1) is 11.7. The lowest BCUT2D eigenvalue weighted by Crippen LogP contribution is -2.21. The third kappa shape index (κ3) is 2.65. The quantitative estimate of drug-likeness (QED) is 0.797. The van der Waals surface area contributed by atoms with Gasteiger partial charge in [-0.1, -0.05) is 30.3 Å². The highest BCUT2D eigenvalue weighted by atomic mass is 16.5. The van der Waals surface area contributed by atoms with Gasteiger partial charge in [0, 0.05) is 30.0 Å². The fraction of sp³-hybridized carbons (Fsp3) is 0.368. The largest absolute Gasteiger partial charge is 0.376 e. The molecule has 124 valence electrons. The van der Waals surface area contributed by atoms with Gasteiger partial charge in [-0.2, -0.15) is 9.61 Å². The lowest BCUT2D eigenvalue weighted by atomic mass is 10.1. The summed E-state index contributed by atoms with van der Waals surface area (Å²) in [6.45, 7) is 5.81. The van der Waals surface area contributed by atoms with Crippen LogP contribution in [0.15, 0.2) is 36.5 Å². The molecule has 24 heavy (non-hydrogen) atoms. The van der Waals surface area contributed by atoms with E-state index in [1.165, 1.54) is 0 Å². The fourth-order valence-corrected chi connectivity index (χ4v) is 3.23. The van der Waals surface area contributed by atoms with Crippen LogP contribution < -0.4 is 5.32 Å². The number of anilines is 1. The summed E-state index contributed by atoms with van der Waals surface area (Å²) in [6, 6.07) is 10.3. The number of nitrogens with zero attached hydrogens (tertiary/aromatic N) is 3. The van der Waals surface area contributed by atoms with E-state index in [1.54, 1.807) is 0 Å². The first kappa shape index (κ1) is 15.1. The summed E-state index contributed by atoms with van der Waals surface area (Å²) in [7, 11) is 0. The number of aromatic nitrogens is 3. The number of benzene rings is 1. The maximum atomic E-state index is 5.72. The lowest BCUT2D eigenvalue weighted by Gasteiger charge is -2.16. The van der Waals surface area contributed by atoms with Crippen molar-refractivity contribution in [3.8, 4) is 11.1 Å². The summed E-state index contributed by atoms with van der Waals surface area (Å²) in [5, 5.41) is 8.13. The molecule has 4 rings (SSSR count). The van der Waals surface area contributed by atoms with E-state index in [-0.39, 0.29) is 6.10 Å². The Labute approximate surface area is 141 Å². The Hall–Kier alpha value is -2.40. The first-order valence-electron chi connectivity index (χ1n) is 8.50. The van der Waals surface area contributed by atoms with E-state index in [9.17, 15) is 0 Å². The fourth-order valence-electron chi connectivity index (χ4n) is 3.23. The van der Waals surface area contributed by atoms with Crippen molar-refractivity contribution in [2.45, 2.75) is 32.8 Å². The number of ether oxygens (including phenoxy) is 1. The van der Waals surface area contributed by atoms with Gasteiger partial charge in [-0.05, 0) is 32.3 Å². The van der Waals surface area contributed by atoms with Crippen molar-refractivity contribution in [1.29, 1.82) is 0 Å². The van der Waals surface area contributed by atoms with Gasteiger partial charge in [0.15, 0.2) is 5.65 Å². The Kier molecular flexibility index (Phi) is 3.94. The van der Waals surface area contributed by atoms with Gasteiger partial charge in [0.1, 0.15) is 5.82 Å². The zero-order valence-corrected chi connectivity index (χ0v) is 14.1. The van der Waals surface area contributed by atoms with Gasteiger partial charge in [-0.3, -0.25) is 0 Å². The molecule has 3 heterocycles. The Morgan fingerprint density at radius 1 is 1.25 bits per heavy atom. The highest BCUT2D eigenvalue weighted by molar-refractivity contribution is 5.78. The molecule has 2 aromatic heterocycles. The van der Waals surface area contributed by atoms with Crippen LogP contribution in [-0.4, -0.2) is 33.9 Å². The van der Waals surface area contributed by atoms with E-state index in [2.05, 4.69) is 29.5 Å². The molecule has 1 atom stereocenters. The summed E-state index contributed by atoms with van der Waals surface area (Å²) in [5.41, 5.74) is 5.23. The zero-order valence-electron chi connectivity index (χ0n) is 14.1. The molecule has 5 heteroatoms. The van der Waals surface area contributed by atoms with Gasteiger partial charge in [0.05, 0.1) is 12.3 Å². The molecule has 0 aliphatic carbocycles. The molecule has 5 nitrogen and oxygen atoms in total. The maximum Gasteiger partial charge on any atom is 0.165 e. The highest BCUT2D eigenvalue weighted by Crippen LogP contribution is 2.28. The van der Waals surface area contributed by atoms with Crippen LogP contribution in [0.3, 0.4) is 0 Å². The van der Waals surface area contributed by atoms with E-state index >= 15 is 0 Å². The minimum atomic E-state index is 0.289. The normalized spacial score (nSPS) is 17.5. The Balaban J connectivity index is 1.75. The lowest BCUT2D eigenvalue weighted by molar-refractivity contribution is 0.120. The molecule has 1 aliphatic heterocycles. The molecular weight excluding hydrogens is 300 g/mol. The molecule has 3 aromatic rings. The standard InChI is InChI=1S/C19H22N4O/c1-13-14(2)22-19-17(15-7-4-3-5-8-15)12-21-23(19)18(13)20-11-16-9-6-10-24-16/h3-5,7-8,12,16,20H,6,9-11H2,1-2H3/t16-/m0/s1. The van der Waals surface area contributed by atoms with Crippen molar-refractivity contribution in [2.24, 2.45) is 0 Å². The first-order valence-corrected chi connectivity index (χ1v) is 8.50. The molecule has 0 saturated carbocycles. The van der Waals surface area contributed by atoms with Gasteiger partial charge in [0.2, 0.25) is 0 Å². The second-order valence-electron chi connectivity index (χ2n) is 6.35. The van der Waals surface area contributed by atoms with Crippen LogP contribution >= 0.6 is 0 Å². The molecule has 0 spiro atoms. The summed E-state index contributed by atoms with van der Waals surface area (Å²) < 4.78 is 7.64. The molecule has 1 fully saturated rings. The summed E-state index contributed by atoms with van der Waals surface area (Å²) >= 11 is 0. The Morgan fingerprint density at radius 2 is 2.08 bits per heavy atom. The third-order valence-electron chi connectivity index (χ3n) is 4.73. The molecule has 0 amide bonds. The van der Waals surface area contributed by atoms with Crippen molar-refractivity contribution in [2.75, 3.05) is 18.5 Å². The molecule has 1 aliphatic rings. The predicted molar refractivity (Wildman–Crippen MR) is 95.4 cm³/mol. The molecule has 1 aromatic carbocycles. The van der Waals surface area contributed by atoms with Crippen LogP contribution in [0.1, 0.15) is 24.1 Å². The van der Waals surface area contributed by atoms with Crippen LogP contribution in [0.5, 0.6) is 0 Å². The number of hydrogen-bond donors (Lipinski definition) is 1. The van der Waals surface area contributed by atoms with Crippen molar-refractivity contribution in [3.05, 3.63) is 47.8 Å². The molecule has 1 saturated heterocycles. The van der Waals surface area contributed by atoms with Gasteiger partial charge in [-0.15, -0.1) is 0 Å². The SMILES string of the molecule is Cc1nc2c(-c3ccccc3)cnn2c(NC[C@@H]2CCCO2)c1C. The van der Waals surface area contributed by atoms with E-state index in [4.69, 9.17) is 9.72 Å². The van der Waals surface area contributed by atoms with E-state index in [0.717, 1.165) is 59.8 Å². The van der Waals surface area contributed by atoms with Crippen LogP contribution in [0.25, 0.3) is 16.8 Å². The second-order valence-corrected chi connectivity index (χ2v) is 6.35. The molecule has 0 unspecified atom stereocenters. The zero-order chi connectivity index (χ0) is 16.5. The smallest absolute Gasteiger partial charge is 0.165 e. The summed E-state index contributed by atoms with van der Waals surface area (Å²) in [5.74, 6) is 1.01. The minimum Gasteiger partial charge on any atom is -0.376 e. The number of rotatable bonds is 4. The van der Waals surface area contributed by atoms with Crippen molar-refractivity contribution < 1.29 is 4.74 Å². The summed E-state index contributed by atoms with van der Waals surface area (Å²) in [4.78, 5) is 4.78. The monoisotopic (exact) mass is 322 g/mol. The van der Waals surface area contributed by atoms with E-state index in [1.807, 2.05) is 35.8 Å². The third-order valence-corrected chi connectivity index (χ3v) is 4.73. The van der Waals surface area contributed by atoms with Crippen molar-refractivity contribution in [3.63, 3.8) is 0 Å². The van der Waals surface area contributed by atoms with Crippen LogP contribution in [-0.2, 0) is 4.74 Å². The van der Waals surface area contributed by atoms with E-state index in [0.29, 0.717) is 0 Å². The average Bonchev–Trinajstić information content (AvgIpc) is 3.26. The van der Waals surface area contributed by atoms with Gasteiger partial charge < -0.3 is 10.1 Å². The highest BCUT2D eigenvalue weighted by Gasteiger charge is 2.18. The number of hydrogen-bond acceptors (Lipinski definition) is 4. The molecular formula is C19H22N4O. The molecule has 0 radical (unpaired) electrons. The summed E-state index contributed by atoms with van der Waals surface area (Å²) in [6.07, 6.45) is 4.45. The van der Waals surface area contributed by atoms with Crippen molar-refractivity contribution >= 4 is 11.5 Å². The predicted octanol–water partition coefficient (Wildman–Crippen LogP) is 3.60. The molecule has 1 N–H and O–H groups in total. The Morgan fingerprint density at radius 3 is 2.83 bits per heavy atom. The van der Waals surface area contributed by atoms with Crippen LogP contribution in [0, 0.1) is 13.8 Å². The Bertz CT molecular complexity index is 851. The van der Waals surface area contributed by atoms with Gasteiger partial charge in [-0.25, -0.2) is 4.98 Å². The molecule has 0 bridgehead atoms. The van der Waals surface area contributed by atoms with Crippen molar-refractivity contribution in [1.82, 2.24) is 14.6 Å². The van der Waals surface area contributed by atoms with Crippen LogP contribution in [0.4, 0.5) is 5.82 Å². The maximum absolute atomic E-state index is 5.72. The van der Waals surface area contributed by atoms with E-state index < -0.39 is 0 Å². The second kappa shape index (κ2) is 6.24. The van der Waals surface area contributed by atoms with Crippen LogP contribution in [0.2, 0.25) is 0 Å². The number of aryl methyl sites for hydroxylation is 1. The van der Waals surface area contributed by atoms with Gasteiger partial charge >= 0.3 is 0 Å². The topological polar surface area (TPSA) is 51.5 Å². The number of nitrogens with one attached hydrogen (secondary N) is 1. The van der Waals surface area contributed by atoms with Gasteiger partial charge in [0.25, 0.3) is 0 Å². The average molecular weight is 322 g/mol. The minimum absolute atomic E-state index is 0.289.